The minimum Gasteiger partial charge on any atom is -0.497 e. The molecule has 0 aliphatic rings. The van der Waals surface area contributed by atoms with Crippen LogP contribution in [0.3, 0.4) is 0 Å². The fourth-order valence-corrected chi connectivity index (χ4v) is 5.28. The van der Waals surface area contributed by atoms with Crippen molar-refractivity contribution in [3.63, 3.8) is 0 Å². The predicted octanol–water partition coefficient (Wildman–Crippen LogP) is 2.27. The molecule has 2 aromatic rings. The highest BCUT2D eigenvalue weighted by Crippen LogP contribution is 2.41. The van der Waals surface area contributed by atoms with Crippen molar-refractivity contribution in [3.05, 3.63) is 35.4 Å². The van der Waals surface area contributed by atoms with Crippen molar-refractivity contribution in [2.45, 2.75) is 22.2 Å². The van der Waals surface area contributed by atoms with Gasteiger partial charge in [0.25, 0.3) is 5.91 Å². The van der Waals surface area contributed by atoms with Crippen molar-refractivity contribution in [3.8, 4) is 5.75 Å². The van der Waals surface area contributed by atoms with Crippen LogP contribution in [0, 0.1) is 5.92 Å². The van der Waals surface area contributed by atoms with Crippen LogP contribution >= 0.6 is 11.3 Å². The van der Waals surface area contributed by atoms with Crippen LogP contribution in [0.25, 0.3) is 0 Å². The van der Waals surface area contributed by atoms with Gasteiger partial charge in [-0.25, -0.2) is 8.42 Å². The van der Waals surface area contributed by atoms with Gasteiger partial charge in [-0.3, -0.25) is 9.59 Å². The molecule has 0 aliphatic heterocycles. The van der Waals surface area contributed by atoms with Gasteiger partial charge in [-0.15, -0.1) is 11.3 Å². The van der Waals surface area contributed by atoms with E-state index in [4.69, 9.17) is 15.6 Å². The van der Waals surface area contributed by atoms with Crippen LogP contribution in [0.4, 0.5) is 18.2 Å². The number of hydrogen-bond acceptors (Lipinski definition) is 7. The molecule has 2 rings (SSSR count). The number of aliphatic hydroxyl groups excluding tert-OH is 1. The van der Waals surface area contributed by atoms with Crippen LogP contribution in [-0.4, -0.2) is 39.1 Å². The molecular weight excluding hydrogens is 449 g/mol. The summed E-state index contributed by atoms with van der Waals surface area (Å²) >= 11 is 0.368. The third-order valence-corrected chi connectivity index (χ3v) is 7.30. The number of alkyl halides is 3. The maximum absolute atomic E-state index is 13.4. The van der Waals surface area contributed by atoms with Crippen molar-refractivity contribution < 1.29 is 41.0 Å². The number of benzene rings is 1. The number of carbonyl (C=O) groups excluding carboxylic acids is 2. The summed E-state index contributed by atoms with van der Waals surface area (Å²) in [5, 5.41) is 11.0. The summed E-state index contributed by atoms with van der Waals surface area (Å²) < 4.78 is 70.3. The quantitative estimate of drug-likeness (QED) is 0.573. The first-order chi connectivity index (χ1) is 13.8. The third kappa shape index (κ3) is 4.74. The number of hydrogen-bond donors (Lipinski definition) is 3. The number of nitrogens with one attached hydrogen (secondary N) is 1. The standard InChI is InChI=1S/C17H17F3N2O6S2/c1-8(7-23)15(25)22-16-10(14(21)24)6-13(29-16)30(26,27)12-5-9(28-2)3-4-11(12)17(18,19)20/h3-6,8,23H,7H2,1-2H3,(H2,21,24)(H,22,25). The second-order valence-corrected chi connectivity index (χ2v) is 9.31. The van der Waals surface area contributed by atoms with E-state index >= 15 is 0 Å². The molecule has 0 bridgehead atoms. The highest BCUT2D eigenvalue weighted by Gasteiger charge is 2.39. The zero-order valence-electron chi connectivity index (χ0n) is 15.6. The average Bonchev–Trinajstić information content (AvgIpc) is 3.10. The number of ether oxygens (including phenoxy) is 1. The van der Waals surface area contributed by atoms with Crippen molar-refractivity contribution in [1.82, 2.24) is 0 Å². The second kappa shape index (κ2) is 8.62. The van der Waals surface area contributed by atoms with Crippen molar-refractivity contribution in [1.29, 1.82) is 0 Å². The van der Waals surface area contributed by atoms with Gasteiger partial charge >= 0.3 is 6.18 Å². The summed E-state index contributed by atoms with van der Waals surface area (Å²) in [6.07, 6.45) is -4.98. The molecule has 0 fully saturated rings. The molecular formula is C17H17F3N2O6S2. The van der Waals surface area contributed by atoms with E-state index < -0.39 is 60.6 Å². The van der Waals surface area contributed by atoms with E-state index in [1.807, 2.05) is 0 Å². The first-order valence-corrected chi connectivity index (χ1v) is 10.5. The van der Waals surface area contributed by atoms with E-state index in [1.54, 1.807) is 0 Å². The van der Waals surface area contributed by atoms with Crippen LogP contribution in [-0.2, 0) is 20.8 Å². The molecule has 164 valence electrons. The Hall–Kier alpha value is -2.64. The fourth-order valence-electron chi connectivity index (χ4n) is 2.29. The van der Waals surface area contributed by atoms with Crippen LogP contribution in [0.15, 0.2) is 33.4 Å². The topological polar surface area (TPSA) is 136 Å². The molecule has 0 saturated heterocycles. The van der Waals surface area contributed by atoms with Crippen molar-refractivity contribution >= 4 is 38.0 Å². The lowest BCUT2D eigenvalue weighted by molar-refractivity contribution is -0.139. The van der Waals surface area contributed by atoms with E-state index in [-0.39, 0.29) is 10.8 Å². The lowest BCUT2D eigenvalue weighted by Gasteiger charge is -2.13. The summed E-state index contributed by atoms with van der Waals surface area (Å²) in [6, 6.07) is 3.04. The van der Waals surface area contributed by atoms with Gasteiger partial charge in [0.1, 0.15) is 15.0 Å². The van der Waals surface area contributed by atoms with Crippen LogP contribution < -0.4 is 15.8 Å². The van der Waals surface area contributed by atoms with E-state index in [1.165, 1.54) is 6.92 Å². The Kier molecular flexibility index (Phi) is 6.79. The van der Waals surface area contributed by atoms with Gasteiger partial charge in [0.15, 0.2) is 0 Å². The summed E-state index contributed by atoms with van der Waals surface area (Å²) in [4.78, 5) is 22.6. The van der Waals surface area contributed by atoms with E-state index in [9.17, 15) is 31.2 Å². The maximum Gasteiger partial charge on any atom is 0.417 e. The first-order valence-electron chi connectivity index (χ1n) is 8.18. The van der Waals surface area contributed by atoms with Gasteiger partial charge in [0.2, 0.25) is 15.7 Å². The number of sulfone groups is 1. The minimum atomic E-state index is -4.98. The molecule has 0 aliphatic carbocycles. The SMILES string of the molecule is COc1ccc(C(F)(F)F)c(S(=O)(=O)c2cc(C(N)=O)c(NC(=O)C(C)CO)s2)c1. The molecule has 1 aromatic heterocycles. The highest BCUT2D eigenvalue weighted by atomic mass is 32.2. The van der Waals surface area contributed by atoms with Crippen molar-refractivity contribution in [2.24, 2.45) is 11.7 Å². The molecule has 8 nitrogen and oxygen atoms in total. The number of rotatable bonds is 7. The number of methoxy groups -OCH3 is 1. The third-order valence-electron chi connectivity index (χ3n) is 3.98. The molecule has 1 atom stereocenters. The molecule has 1 unspecified atom stereocenters. The molecule has 0 radical (unpaired) electrons. The van der Waals surface area contributed by atoms with E-state index in [0.29, 0.717) is 23.5 Å². The van der Waals surface area contributed by atoms with Gasteiger partial charge in [-0.2, -0.15) is 13.2 Å². The maximum atomic E-state index is 13.4. The van der Waals surface area contributed by atoms with Gasteiger partial charge < -0.3 is 20.9 Å². The summed E-state index contributed by atoms with van der Waals surface area (Å²) in [6.45, 7) is 0.851. The molecule has 4 N–H and O–H groups in total. The first kappa shape index (κ1) is 23.6. The zero-order valence-corrected chi connectivity index (χ0v) is 17.2. The summed E-state index contributed by atoms with van der Waals surface area (Å²) in [7, 11) is -3.61. The monoisotopic (exact) mass is 466 g/mol. The Morgan fingerprint density at radius 3 is 2.43 bits per heavy atom. The number of anilines is 1. The molecule has 0 saturated carbocycles. The molecule has 2 amide bonds. The predicted molar refractivity (Wildman–Crippen MR) is 101 cm³/mol. The Labute approximate surface area is 173 Å². The zero-order chi connectivity index (χ0) is 22.9. The highest BCUT2D eigenvalue weighted by molar-refractivity contribution is 7.93. The van der Waals surface area contributed by atoms with Gasteiger partial charge in [-0.1, -0.05) is 6.92 Å². The number of aliphatic hydroxyl groups is 1. The van der Waals surface area contributed by atoms with Crippen molar-refractivity contribution in [2.75, 3.05) is 19.0 Å². The Morgan fingerprint density at radius 1 is 1.30 bits per heavy atom. The lowest BCUT2D eigenvalue weighted by atomic mass is 10.2. The second-order valence-electron chi connectivity index (χ2n) is 6.11. The largest absolute Gasteiger partial charge is 0.497 e. The summed E-state index contributed by atoms with van der Waals surface area (Å²) in [5.41, 5.74) is 3.40. The van der Waals surface area contributed by atoms with E-state index in [0.717, 1.165) is 19.2 Å². The van der Waals surface area contributed by atoms with Crippen LogP contribution in [0.1, 0.15) is 22.8 Å². The average molecular weight is 466 g/mol. The fraction of sp³-hybridized carbons (Fsp3) is 0.294. The number of halogens is 3. The number of amides is 2. The molecule has 0 spiro atoms. The number of thiophene rings is 1. The molecule has 30 heavy (non-hydrogen) atoms. The number of nitrogens with two attached hydrogens (primary N) is 1. The normalized spacial score (nSPS) is 13.0. The number of primary amides is 1. The van der Waals surface area contributed by atoms with Crippen LogP contribution in [0.5, 0.6) is 5.75 Å². The Morgan fingerprint density at radius 2 is 1.93 bits per heavy atom. The lowest BCUT2D eigenvalue weighted by Crippen LogP contribution is -2.24. The molecule has 13 heteroatoms. The smallest absolute Gasteiger partial charge is 0.417 e. The van der Waals surface area contributed by atoms with Gasteiger partial charge in [-0.05, 0) is 24.3 Å². The summed E-state index contributed by atoms with van der Waals surface area (Å²) in [5.74, 6) is -2.84. The molecule has 1 heterocycles. The van der Waals surface area contributed by atoms with Gasteiger partial charge in [0.05, 0.1) is 35.7 Å². The Balaban J connectivity index is 2.65. The number of carbonyl (C=O) groups is 2. The van der Waals surface area contributed by atoms with Gasteiger partial charge in [0, 0.05) is 0 Å². The van der Waals surface area contributed by atoms with E-state index in [2.05, 4.69) is 5.32 Å². The molecule has 1 aromatic carbocycles. The Bertz CT molecular complexity index is 1080. The van der Waals surface area contributed by atoms with Crippen LogP contribution in [0.2, 0.25) is 0 Å². The minimum absolute atomic E-state index is 0.126.